The molecular weight excluding hydrogens is 144 g/mol. The zero-order chi connectivity index (χ0) is 9.82. The summed E-state index contributed by atoms with van der Waals surface area (Å²) in [5.41, 5.74) is 1.56. The number of hydrogen-bond acceptors (Lipinski definition) is 0. The van der Waals surface area contributed by atoms with Crippen molar-refractivity contribution in [2.45, 2.75) is 53.9 Å². The van der Waals surface area contributed by atoms with Crippen molar-refractivity contribution in [1.82, 2.24) is 0 Å². The van der Waals surface area contributed by atoms with Crippen LogP contribution in [0.5, 0.6) is 0 Å². The molecular formula is C12H24. The zero-order valence-corrected chi connectivity index (χ0v) is 9.35. The van der Waals surface area contributed by atoms with E-state index in [1.165, 1.54) is 12.8 Å². The zero-order valence-electron chi connectivity index (χ0n) is 9.35. The first-order valence-corrected chi connectivity index (χ1v) is 5.14. The maximum Gasteiger partial charge on any atom is -0.0139 e. The molecule has 0 nitrogen and oxygen atoms in total. The molecule has 0 atom stereocenters. The van der Waals surface area contributed by atoms with Gasteiger partial charge in [-0.2, -0.15) is 0 Å². The minimum Gasteiger partial charge on any atom is -0.0913 e. The normalized spacial score (nSPS) is 11.2. The van der Waals surface area contributed by atoms with E-state index in [-0.39, 0.29) is 0 Å². The van der Waals surface area contributed by atoms with Crippen molar-refractivity contribution in [3.05, 3.63) is 23.8 Å². The Hall–Kier alpha value is -0.520. The molecule has 0 fully saturated rings. The van der Waals surface area contributed by atoms with E-state index in [9.17, 15) is 0 Å². The Labute approximate surface area is 78.4 Å². The van der Waals surface area contributed by atoms with Crippen molar-refractivity contribution in [3.8, 4) is 0 Å². The summed E-state index contributed by atoms with van der Waals surface area (Å²) in [5.74, 6) is 0. The highest BCUT2D eigenvalue weighted by Crippen LogP contribution is 2.07. The highest BCUT2D eigenvalue weighted by atomic mass is 13.9. The van der Waals surface area contributed by atoms with Crippen molar-refractivity contribution in [2.75, 3.05) is 0 Å². The average Bonchev–Trinajstić information content (AvgIpc) is 2.15. The Morgan fingerprint density at radius 3 is 2.08 bits per heavy atom. The molecule has 0 aromatic rings. The van der Waals surface area contributed by atoms with Gasteiger partial charge in [0.25, 0.3) is 0 Å². The summed E-state index contributed by atoms with van der Waals surface area (Å²) in [5, 5.41) is 0. The van der Waals surface area contributed by atoms with Gasteiger partial charge in [-0.25, -0.2) is 0 Å². The molecule has 0 spiro atoms. The van der Waals surface area contributed by atoms with Crippen LogP contribution >= 0.6 is 0 Å². The molecule has 0 N–H and O–H groups in total. The molecule has 0 heteroatoms. The summed E-state index contributed by atoms with van der Waals surface area (Å²) in [6.07, 6.45) is 10.1. The van der Waals surface area contributed by atoms with Crippen LogP contribution in [0.4, 0.5) is 0 Å². The van der Waals surface area contributed by atoms with Crippen LogP contribution in [-0.4, -0.2) is 0 Å². The summed E-state index contributed by atoms with van der Waals surface area (Å²) in [4.78, 5) is 0. The van der Waals surface area contributed by atoms with Gasteiger partial charge in [-0.05, 0) is 26.2 Å². The number of rotatable bonds is 4. The second-order valence-corrected chi connectivity index (χ2v) is 2.40. The monoisotopic (exact) mass is 168 g/mol. The predicted molar refractivity (Wildman–Crippen MR) is 59.4 cm³/mol. The first kappa shape index (κ1) is 14.0. The van der Waals surface area contributed by atoms with E-state index in [1.807, 2.05) is 13.8 Å². The van der Waals surface area contributed by atoms with Gasteiger partial charge in [-0.3, -0.25) is 0 Å². The van der Waals surface area contributed by atoms with Crippen LogP contribution in [0.2, 0.25) is 0 Å². The first-order valence-electron chi connectivity index (χ1n) is 5.14. The van der Waals surface area contributed by atoms with Gasteiger partial charge >= 0.3 is 0 Å². The molecule has 0 amide bonds. The topological polar surface area (TPSA) is 0 Å². The van der Waals surface area contributed by atoms with Gasteiger partial charge in [0.2, 0.25) is 0 Å². The molecule has 0 saturated heterocycles. The van der Waals surface area contributed by atoms with Gasteiger partial charge in [0.15, 0.2) is 0 Å². The van der Waals surface area contributed by atoms with Crippen LogP contribution in [-0.2, 0) is 0 Å². The second-order valence-electron chi connectivity index (χ2n) is 2.40. The molecule has 0 radical (unpaired) electrons. The molecule has 12 heavy (non-hydrogen) atoms. The summed E-state index contributed by atoms with van der Waals surface area (Å²) in [6.45, 7) is 10.5. The highest BCUT2D eigenvalue weighted by molar-refractivity contribution is 5.06. The lowest BCUT2D eigenvalue weighted by atomic mass is 10.1. The van der Waals surface area contributed by atoms with Gasteiger partial charge in [0.05, 0.1) is 0 Å². The molecule has 0 aliphatic heterocycles. The van der Waals surface area contributed by atoms with Crippen LogP contribution in [0.15, 0.2) is 23.8 Å². The minimum absolute atomic E-state index is 1.14. The molecule has 0 rings (SSSR count). The molecule has 0 aromatic heterocycles. The third-order valence-corrected chi connectivity index (χ3v) is 1.56. The average molecular weight is 168 g/mol. The Balaban J connectivity index is 0. The number of allylic oxidation sites excluding steroid dienone is 4. The SMILES string of the molecule is C/C=C\C/C(=C\CC)CC.CC. The van der Waals surface area contributed by atoms with Crippen LogP contribution in [0.1, 0.15) is 53.9 Å². The molecule has 0 aromatic carbocycles. The van der Waals surface area contributed by atoms with Crippen molar-refractivity contribution >= 4 is 0 Å². The molecule has 0 aliphatic carbocycles. The van der Waals surface area contributed by atoms with Crippen molar-refractivity contribution < 1.29 is 0 Å². The number of hydrogen-bond donors (Lipinski definition) is 0. The summed E-state index contributed by atoms with van der Waals surface area (Å²) in [7, 11) is 0. The smallest absolute Gasteiger partial charge is 0.0139 e. The van der Waals surface area contributed by atoms with Crippen LogP contribution in [0.3, 0.4) is 0 Å². The lowest BCUT2D eigenvalue weighted by molar-refractivity contribution is 1.000. The molecule has 0 unspecified atom stereocenters. The van der Waals surface area contributed by atoms with Gasteiger partial charge in [-0.1, -0.05) is 51.5 Å². The Morgan fingerprint density at radius 2 is 1.75 bits per heavy atom. The van der Waals surface area contributed by atoms with Gasteiger partial charge in [-0.15, -0.1) is 0 Å². The van der Waals surface area contributed by atoms with Gasteiger partial charge in [0, 0.05) is 0 Å². The van der Waals surface area contributed by atoms with Gasteiger partial charge in [0.1, 0.15) is 0 Å². The lowest BCUT2D eigenvalue weighted by Gasteiger charge is -1.97. The first-order chi connectivity index (χ1) is 5.85. The fraction of sp³-hybridized carbons (Fsp3) is 0.667. The Bertz CT molecular complexity index is 118. The van der Waals surface area contributed by atoms with E-state index in [0.717, 1.165) is 6.42 Å². The third-order valence-electron chi connectivity index (χ3n) is 1.56. The van der Waals surface area contributed by atoms with E-state index in [4.69, 9.17) is 0 Å². The maximum absolute atomic E-state index is 2.32. The molecule has 0 bridgehead atoms. The third kappa shape index (κ3) is 9.48. The fourth-order valence-corrected chi connectivity index (χ4v) is 0.930. The Kier molecular flexibility index (Phi) is 15.3. The largest absolute Gasteiger partial charge is 0.0913 e. The molecule has 0 heterocycles. The van der Waals surface area contributed by atoms with E-state index in [1.54, 1.807) is 5.57 Å². The maximum atomic E-state index is 2.32. The van der Waals surface area contributed by atoms with Crippen molar-refractivity contribution in [2.24, 2.45) is 0 Å². The Morgan fingerprint density at radius 1 is 1.17 bits per heavy atom. The standard InChI is InChI=1S/C10H18.C2H6/c1-4-7-9-10(6-3)8-5-2;1-2/h4,7-8H,5-6,9H2,1-3H3;1-2H3/b7-4-,10-8-;. The lowest BCUT2D eigenvalue weighted by Crippen LogP contribution is -1.77. The van der Waals surface area contributed by atoms with Crippen LogP contribution < -0.4 is 0 Å². The molecule has 72 valence electrons. The molecule has 0 aliphatic rings. The summed E-state index contributed by atoms with van der Waals surface area (Å²) >= 11 is 0. The highest BCUT2D eigenvalue weighted by Gasteiger charge is 1.87. The van der Waals surface area contributed by atoms with Crippen LogP contribution in [0, 0.1) is 0 Å². The summed E-state index contributed by atoms with van der Waals surface area (Å²) in [6, 6.07) is 0. The summed E-state index contributed by atoms with van der Waals surface area (Å²) < 4.78 is 0. The van der Waals surface area contributed by atoms with E-state index >= 15 is 0 Å². The van der Waals surface area contributed by atoms with E-state index in [2.05, 4.69) is 39.0 Å². The van der Waals surface area contributed by atoms with Crippen LogP contribution in [0.25, 0.3) is 0 Å². The molecule has 0 saturated carbocycles. The fourth-order valence-electron chi connectivity index (χ4n) is 0.930. The van der Waals surface area contributed by atoms with E-state index in [0.29, 0.717) is 0 Å². The van der Waals surface area contributed by atoms with Crippen molar-refractivity contribution in [1.29, 1.82) is 0 Å². The van der Waals surface area contributed by atoms with Gasteiger partial charge < -0.3 is 0 Å². The second kappa shape index (κ2) is 13.1. The van der Waals surface area contributed by atoms with Crippen molar-refractivity contribution in [3.63, 3.8) is 0 Å². The minimum atomic E-state index is 1.14. The predicted octanol–water partition coefficient (Wildman–Crippen LogP) is 4.73. The van der Waals surface area contributed by atoms with E-state index < -0.39 is 0 Å². The quantitative estimate of drug-likeness (QED) is 0.532.